The maximum atomic E-state index is 3.53. The molecule has 2 N–H and O–H groups in total. The molecule has 0 aromatic heterocycles. The maximum absolute atomic E-state index is 3.53. The highest BCUT2D eigenvalue weighted by molar-refractivity contribution is 5.56. The van der Waals surface area contributed by atoms with Gasteiger partial charge >= 0.3 is 0 Å². The highest BCUT2D eigenvalue weighted by Gasteiger charge is 2.10. The molecule has 1 aliphatic rings. The van der Waals surface area contributed by atoms with E-state index in [9.17, 15) is 0 Å². The molecule has 0 unspecified atom stereocenters. The first-order valence-electron chi connectivity index (χ1n) is 6.65. The number of nitrogens with one attached hydrogen (secondary N) is 2. The van der Waals surface area contributed by atoms with Gasteiger partial charge in [-0.2, -0.15) is 0 Å². The summed E-state index contributed by atoms with van der Waals surface area (Å²) >= 11 is 0. The Morgan fingerprint density at radius 1 is 1.29 bits per heavy atom. The molecule has 2 rings (SSSR count). The lowest BCUT2D eigenvalue weighted by Gasteiger charge is -2.20. The van der Waals surface area contributed by atoms with Crippen molar-refractivity contribution in [1.82, 2.24) is 5.32 Å². The van der Waals surface area contributed by atoms with Crippen LogP contribution in [0.4, 0.5) is 5.69 Å². The Morgan fingerprint density at radius 2 is 2.12 bits per heavy atom. The minimum Gasteiger partial charge on any atom is -0.384 e. The van der Waals surface area contributed by atoms with Crippen molar-refractivity contribution in [3.8, 4) is 0 Å². The van der Waals surface area contributed by atoms with Crippen molar-refractivity contribution in [2.75, 3.05) is 18.4 Å². The fourth-order valence-electron chi connectivity index (χ4n) is 2.27. The van der Waals surface area contributed by atoms with E-state index in [-0.39, 0.29) is 5.54 Å². The zero-order chi connectivity index (χ0) is 12.3. The van der Waals surface area contributed by atoms with Crippen LogP contribution in [0.25, 0.3) is 0 Å². The molecule has 2 nitrogen and oxygen atoms in total. The van der Waals surface area contributed by atoms with E-state index in [4.69, 9.17) is 0 Å². The molecule has 1 heterocycles. The summed E-state index contributed by atoms with van der Waals surface area (Å²) in [6, 6.07) is 6.86. The van der Waals surface area contributed by atoms with Gasteiger partial charge in [0.2, 0.25) is 0 Å². The maximum Gasteiger partial charge on any atom is 0.0373 e. The fraction of sp³-hybridized carbons (Fsp3) is 0.600. The zero-order valence-electron chi connectivity index (χ0n) is 11.3. The van der Waals surface area contributed by atoms with Gasteiger partial charge in [0, 0.05) is 17.8 Å². The normalized spacial score (nSPS) is 14.5. The van der Waals surface area contributed by atoms with Crippen LogP contribution < -0.4 is 10.6 Å². The van der Waals surface area contributed by atoms with Crippen LogP contribution in [0.15, 0.2) is 18.2 Å². The first-order valence-corrected chi connectivity index (χ1v) is 6.65. The van der Waals surface area contributed by atoms with E-state index < -0.39 is 0 Å². The van der Waals surface area contributed by atoms with Gasteiger partial charge in [0.25, 0.3) is 0 Å². The Bertz CT molecular complexity index is 377. The third-order valence-corrected chi connectivity index (χ3v) is 3.18. The summed E-state index contributed by atoms with van der Waals surface area (Å²) in [5.74, 6) is 0. The zero-order valence-corrected chi connectivity index (χ0v) is 11.3. The van der Waals surface area contributed by atoms with E-state index in [0.29, 0.717) is 0 Å². The Labute approximate surface area is 105 Å². The lowest BCUT2D eigenvalue weighted by Crippen LogP contribution is -2.36. The highest BCUT2D eigenvalue weighted by Crippen LogP contribution is 2.23. The summed E-state index contributed by atoms with van der Waals surface area (Å²) in [6.07, 6.45) is 3.57. The molecular formula is C15H24N2. The molecule has 0 atom stereocenters. The molecule has 1 aromatic carbocycles. The van der Waals surface area contributed by atoms with Gasteiger partial charge in [-0.3, -0.25) is 0 Å². The van der Waals surface area contributed by atoms with Gasteiger partial charge in [-0.05, 0) is 63.8 Å². The van der Waals surface area contributed by atoms with Gasteiger partial charge in [0.05, 0.1) is 0 Å². The van der Waals surface area contributed by atoms with Crippen LogP contribution in [0.2, 0.25) is 0 Å². The van der Waals surface area contributed by atoms with Crippen LogP contribution in [0.5, 0.6) is 0 Å². The van der Waals surface area contributed by atoms with Crippen molar-refractivity contribution in [2.45, 2.75) is 45.6 Å². The number of anilines is 1. The van der Waals surface area contributed by atoms with Gasteiger partial charge in [-0.25, -0.2) is 0 Å². The average molecular weight is 232 g/mol. The molecule has 0 fully saturated rings. The molecule has 0 saturated heterocycles. The molecule has 0 spiro atoms. The van der Waals surface area contributed by atoms with E-state index in [1.807, 2.05) is 0 Å². The molecule has 0 saturated carbocycles. The van der Waals surface area contributed by atoms with E-state index in [0.717, 1.165) is 13.1 Å². The van der Waals surface area contributed by atoms with Crippen molar-refractivity contribution in [2.24, 2.45) is 0 Å². The van der Waals surface area contributed by atoms with Gasteiger partial charge in [0.1, 0.15) is 0 Å². The van der Waals surface area contributed by atoms with Crippen LogP contribution in [0, 0.1) is 0 Å². The van der Waals surface area contributed by atoms with E-state index in [2.05, 4.69) is 49.6 Å². The van der Waals surface area contributed by atoms with Crippen molar-refractivity contribution < 1.29 is 0 Å². The smallest absolute Gasteiger partial charge is 0.0373 e. The van der Waals surface area contributed by atoms with Crippen molar-refractivity contribution >= 4 is 5.69 Å². The lowest BCUT2D eigenvalue weighted by atomic mass is 10.0. The van der Waals surface area contributed by atoms with Crippen molar-refractivity contribution in [1.29, 1.82) is 0 Å². The Morgan fingerprint density at radius 3 is 2.88 bits per heavy atom. The van der Waals surface area contributed by atoms with Crippen LogP contribution in [-0.2, 0) is 12.8 Å². The summed E-state index contributed by atoms with van der Waals surface area (Å²) < 4.78 is 0. The summed E-state index contributed by atoms with van der Waals surface area (Å²) in [4.78, 5) is 0. The number of fused-ring (bicyclic) bond motifs is 1. The van der Waals surface area contributed by atoms with E-state index >= 15 is 0 Å². The fourth-order valence-corrected chi connectivity index (χ4v) is 2.27. The van der Waals surface area contributed by atoms with Crippen molar-refractivity contribution in [3.63, 3.8) is 0 Å². The van der Waals surface area contributed by atoms with Crippen LogP contribution in [0.3, 0.4) is 0 Å². The summed E-state index contributed by atoms with van der Waals surface area (Å²) in [5.41, 5.74) is 4.54. The summed E-state index contributed by atoms with van der Waals surface area (Å²) in [6.45, 7) is 8.85. The lowest BCUT2D eigenvalue weighted by molar-refractivity contribution is 0.422. The molecule has 0 bridgehead atoms. The van der Waals surface area contributed by atoms with Gasteiger partial charge < -0.3 is 10.6 Å². The number of rotatable bonds is 4. The minimum absolute atomic E-state index is 0.238. The predicted octanol–water partition coefficient (Wildman–Crippen LogP) is 2.98. The molecule has 1 aliphatic heterocycles. The Balaban J connectivity index is 1.80. The van der Waals surface area contributed by atoms with Crippen LogP contribution >= 0.6 is 0 Å². The third kappa shape index (κ3) is 3.74. The second-order valence-electron chi connectivity index (χ2n) is 5.95. The molecule has 17 heavy (non-hydrogen) atoms. The standard InChI is InChI=1S/C15H24N2/c1-15(2,3)17-9-4-5-12-6-7-14-13(11-12)8-10-16-14/h6-7,11,16-17H,4-5,8-10H2,1-3H3. The van der Waals surface area contributed by atoms with Gasteiger partial charge in [0.15, 0.2) is 0 Å². The second-order valence-corrected chi connectivity index (χ2v) is 5.95. The van der Waals surface area contributed by atoms with Gasteiger partial charge in [-0.15, -0.1) is 0 Å². The number of benzene rings is 1. The Hall–Kier alpha value is -1.02. The highest BCUT2D eigenvalue weighted by atomic mass is 14.9. The number of hydrogen-bond donors (Lipinski definition) is 2. The predicted molar refractivity (Wildman–Crippen MR) is 74.7 cm³/mol. The SMILES string of the molecule is CC(C)(C)NCCCc1ccc2c(c1)CCN2. The molecule has 94 valence electrons. The first-order chi connectivity index (χ1) is 8.04. The molecule has 0 amide bonds. The third-order valence-electron chi connectivity index (χ3n) is 3.18. The van der Waals surface area contributed by atoms with E-state index in [1.54, 1.807) is 0 Å². The molecule has 2 heteroatoms. The molecule has 0 radical (unpaired) electrons. The Kier molecular flexibility index (Phi) is 3.72. The summed E-state index contributed by atoms with van der Waals surface area (Å²) in [7, 11) is 0. The first kappa shape index (κ1) is 12.4. The minimum atomic E-state index is 0.238. The number of aryl methyl sites for hydroxylation is 1. The van der Waals surface area contributed by atoms with Crippen LogP contribution in [0.1, 0.15) is 38.3 Å². The average Bonchev–Trinajstić information content (AvgIpc) is 2.70. The monoisotopic (exact) mass is 232 g/mol. The number of hydrogen-bond acceptors (Lipinski definition) is 2. The quantitative estimate of drug-likeness (QED) is 0.780. The molecular weight excluding hydrogens is 208 g/mol. The second kappa shape index (κ2) is 5.09. The molecule has 0 aliphatic carbocycles. The molecule has 1 aromatic rings. The van der Waals surface area contributed by atoms with Crippen molar-refractivity contribution in [3.05, 3.63) is 29.3 Å². The topological polar surface area (TPSA) is 24.1 Å². The largest absolute Gasteiger partial charge is 0.384 e. The van der Waals surface area contributed by atoms with Gasteiger partial charge in [-0.1, -0.05) is 12.1 Å². The summed E-state index contributed by atoms with van der Waals surface area (Å²) in [5, 5.41) is 6.93. The van der Waals surface area contributed by atoms with E-state index in [1.165, 1.54) is 36.1 Å². The van der Waals surface area contributed by atoms with Crippen LogP contribution in [-0.4, -0.2) is 18.6 Å².